The topological polar surface area (TPSA) is 30.5 Å². The maximum absolute atomic E-state index is 5.53. The summed E-state index contributed by atoms with van der Waals surface area (Å²) in [6, 6.07) is 6.56. The molecule has 0 radical (unpaired) electrons. The molecule has 0 saturated heterocycles. The van der Waals surface area contributed by atoms with E-state index in [9.17, 15) is 0 Å². The highest BCUT2D eigenvalue weighted by Gasteiger charge is 2.41. The smallest absolute Gasteiger partial charge is 0.122 e. The lowest BCUT2D eigenvalue weighted by Crippen LogP contribution is -2.24. The third-order valence-electron chi connectivity index (χ3n) is 4.38. The lowest BCUT2D eigenvalue weighted by Gasteiger charge is -2.15. The standard InChI is InChI=1S/C16H23NO2/c1-18-9-7-16(5-6-16)12-17-11-13-2-3-15-14(10-13)4-8-19-15/h2-3,10,17H,4-9,11-12H2,1H3. The maximum atomic E-state index is 5.53. The van der Waals surface area contributed by atoms with Crippen molar-refractivity contribution in [3.8, 4) is 5.75 Å². The van der Waals surface area contributed by atoms with E-state index in [-0.39, 0.29) is 0 Å². The second-order valence-electron chi connectivity index (χ2n) is 5.89. The van der Waals surface area contributed by atoms with Gasteiger partial charge in [0, 0.05) is 33.2 Å². The predicted molar refractivity (Wildman–Crippen MR) is 75.5 cm³/mol. The Labute approximate surface area is 115 Å². The average molecular weight is 261 g/mol. The Bertz CT molecular complexity index is 440. The molecule has 1 N–H and O–H groups in total. The number of methoxy groups -OCH3 is 1. The zero-order valence-corrected chi connectivity index (χ0v) is 11.7. The van der Waals surface area contributed by atoms with Gasteiger partial charge in [0.05, 0.1) is 6.61 Å². The van der Waals surface area contributed by atoms with Crippen molar-refractivity contribution in [2.45, 2.75) is 32.2 Å². The molecule has 0 aromatic heterocycles. The SMILES string of the molecule is COCCC1(CNCc2ccc3c(c2)CCO3)CC1. The van der Waals surface area contributed by atoms with E-state index in [0.717, 1.165) is 38.5 Å². The summed E-state index contributed by atoms with van der Waals surface area (Å²) >= 11 is 0. The van der Waals surface area contributed by atoms with E-state index in [4.69, 9.17) is 9.47 Å². The average Bonchev–Trinajstić information content (AvgIpc) is 3.03. The van der Waals surface area contributed by atoms with Gasteiger partial charge in [-0.3, -0.25) is 0 Å². The molecule has 0 bridgehead atoms. The third-order valence-corrected chi connectivity index (χ3v) is 4.38. The monoisotopic (exact) mass is 261 g/mol. The van der Waals surface area contributed by atoms with Crippen molar-refractivity contribution in [1.82, 2.24) is 5.32 Å². The molecule has 1 fully saturated rings. The van der Waals surface area contributed by atoms with Crippen LogP contribution in [0.5, 0.6) is 5.75 Å². The van der Waals surface area contributed by atoms with E-state index >= 15 is 0 Å². The van der Waals surface area contributed by atoms with Crippen LogP contribution < -0.4 is 10.1 Å². The number of rotatable bonds is 7. The molecular weight excluding hydrogens is 238 g/mol. The van der Waals surface area contributed by atoms with Crippen molar-refractivity contribution in [1.29, 1.82) is 0 Å². The van der Waals surface area contributed by atoms with E-state index in [1.54, 1.807) is 7.11 Å². The number of nitrogens with one attached hydrogen (secondary N) is 1. The summed E-state index contributed by atoms with van der Waals surface area (Å²) in [5.74, 6) is 1.07. The Morgan fingerprint density at radius 2 is 2.26 bits per heavy atom. The van der Waals surface area contributed by atoms with Crippen molar-refractivity contribution in [3.05, 3.63) is 29.3 Å². The minimum absolute atomic E-state index is 0.524. The number of ether oxygens (including phenoxy) is 2. The Balaban J connectivity index is 1.47. The van der Waals surface area contributed by atoms with Gasteiger partial charge in [0.2, 0.25) is 0 Å². The Morgan fingerprint density at radius 3 is 3.05 bits per heavy atom. The van der Waals surface area contributed by atoms with Crippen LogP contribution in [0.15, 0.2) is 18.2 Å². The Hall–Kier alpha value is -1.06. The third kappa shape index (κ3) is 3.10. The van der Waals surface area contributed by atoms with Crippen LogP contribution in [0, 0.1) is 5.41 Å². The van der Waals surface area contributed by atoms with Gasteiger partial charge >= 0.3 is 0 Å². The number of fused-ring (bicyclic) bond motifs is 1. The van der Waals surface area contributed by atoms with Crippen molar-refractivity contribution < 1.29 is 9.47 Å². The highest BCUT2D eigenvalue weighted by molar-refractivity contribution is 5.39. The summed E-state index contributed by atoms with van der Waals surface area (Å²) in [5.41, 5.74) is 3.25. The summed E-state index contributed by atoms with van der Waals surface area (Å²) in [6.45, 7) is 3.80. The fourth-order valence-corrected chi connectivity index (χ4v) is 2.83. The second kappa shape index (κ2) is 5.51. The molecule has 1 aliphatic carbocycles. The molecule has 1 aliphatic heterocycles. The van der Waals surface area contributed by atoms with Crippen LogP contribution in [0.25, 0.3) is 0 Å². The molecule has 0 amide bonds. The molecule has 2 aliphatic rings. The molecule has 0 spiro atoms. The van der Waals surface area contributed by atoms with E-state index in [1.165, 1.54) is 30.4 Å². The quantitative estimate of drug-likeness (QED) is 0.818. The largest absolute Gasteiger partial charge is 0.493 e. The van der Waals surface area contributed by atoms with Gasteiger partial charge in [-0.05, 0) is 41.9 Å². The van der Waals surface area contributed by atoms with Crippen LogP contribution in [0.2, 0.25) is 0 Å². The van der Waals surface area contributed by atoms with Crippen molar-refractivity contribution in [2.24, 2.45) is 5.41 Å². The first-order valence-electron chi connectivity index (χ1n) is 7.26. The second-order valence-corrected chi connectivity index (χ2v) is 5.89. The first-order valence-corrected chi connectivity index (χ1v) is 7.26. The molecular formula is C16H23NO2. The van der Waals surface area contributed by atoms with Crippen LogP contribution in [-0.2, 0) is 17.7 Å². The maximum Gasteiger partial charge on any atom is 0.122 e. The summed E-state index contributed by atoms with van der Waals surface area (Å²) in [7, 11) is 1.79. The van der Waals surface area contributed by atoms with Crippen LogP contribution in [0.3, 0.4) is 0 Å². The van der Waals surface area contributed by atoms with E-state index < -0.39 is 0 Å². The van der Waals surface area contributed by atoms with Gasteiger partial charge in [-0.2, -0.15) is 0 Å². The predicted octanol–water partition coefficient (Wildman–Crippen LogP) is 2.53. The number of hydrogen-bond acceptors (Lipinski definition) is 3. The lowest BCUT2D eigenvalue weighted by molar-refractivity contribution is 0.171. The molecule has 104 valence electrons. The van der Waals surface area contributed by atoms with Crippen molar-refractivity contribution in [3.63, 3.8) is 0 Å². The molecule has 1 saturated carbocycles. The summed E-state index contributed by atoms with van der Waals surface area (Å²) in [5, 5.41) is 3.61. The fraction of sp³-hybridized carbons (Fsp3) is 0.625. The number of benzene rings is 1. The van der Waals surface area contributed by atoms with E-state index in [1.807, 2.05) is 0 Å². The minimum atomic E-state index is 0.524. The fourth-order valence-electron chi connectivity index (χ4n) is 2.83. The van der Waals surface area contributed by atoms with Crippen LogP contribution in [0.4, 0.5) is 0 Å². The minimum Gasteiger partial charge on any atom is -0.493 e. The molecule has 0 atom stereocenters. The zero-order chi connectivity index (χ0) is 13.1. The van der Waals surface area contributed by atoms with Gasteiger partial charge in [0.1, 0.15) is 5.75 Å². The van der Waals surface area contributed by atoms with Gasteiger partial charge in [0.15, 0.2) is 0 Å². The van der Waals surface area contributed by atoms with E-state index in [0.29, 0.717) is 5.41 Å². The van der Waals surface area contributed by atoms with Gasteiger partial charge in [-0.25, -0.2) is 0 Å². The highest BCUT2D eigenvalue weighted by atomic mass is 16.5. The van der Waals surface area contributed by atoms with Gasteiger partial charge in [-0.15, -0.1) is 0 Å². The molecule has 1 heterocycles. The van der Waals surface area contributed by atoms with Gasteiger partial charge in [-0.1, -0.05) is 12.1 Å². The first-order chi connectivity index (χ1) is 9.31. The van der Waals surface area contributed by atoms with Crippen LogP contribution >= 0.6 is 0 Å². The molecule has 3 nitrogen and oxygen atoms in total. The Kier molecular flexibility index (Phi) is 3.76. The molecule has 1 aromatic rings. The van der Waals surface area contributed by atoms with Gasteiger partial charge in [0.25, 0.3) is 0 Å². The van der Waals surface area contributed by atoms with Crippen molar-refractivity contribution >= 4 is 0 Å². The van der Waals surface area contributed by atoms with Crippen LogP contribution in [-0.4, -0.2) is 26.9 Å². The van der Waals surface area contributed by atoms with E-state index in [2.05, 4.69) is 23.5 Å². The first kappa shape index (κ1) is 12.9. The molecule has 3 heteroatoms. The van der Waals surface area contributed by atoms with Crippen molar-refractivity contribution in [2.75, 3.05) is 26.9 Å². The highest BCUT2D eigenvalue weighted by Crippen LogP contribution is 2.48. The zero-order valence-electron chi connectivity index (χ0n) is 11.7. The normalized spacial score (nSPS) is 19.0. The number of hydrogen-bond donors (Lipinski definition) is 1. The molecule has 0 unspecified atom stereocenters. The summed E-state index contributed by atoms with van der Waals surface area (Å²) < 4.78 is 10.7. The molecule has 3 rings (SSSR count). The molecule has 19 heavy (non-hydrogen) atoms. The Morgan fingerprint density at radius 1 is 1.37 bits per heavy atom. The molecule has 1 aromatic carbocycles. The lowest BCUT2D eigenvalue weighted by atomic mass is 10.0. The summed E-state index contributed by atoms with van der Waals surface area (Å²) in [4.78, 5) is 0. The van der Waals surface area contributed by atoms with Gasteiger partial charge < -0.3 is 14.8 Å². The summed E-state index contributed by atoms with van der Waals surface area (Å²) in [6.07, 6.45) is 4.94. The van der Waals surface area contributed by atoms with Crippen LogP contribution in [0.1, 0.15) is 30.4 Å².